The third kappa shape index (κ3) is 4.26. The number of hydrogen-bond acceptors (Lipinski definition) is 4. The topological polar surface area (TPSA) is 72.8 Å². The van der Waals surface area contributed by atoms with Crippen molar-refractivity contribution in [1.29, 1.82) is 0 Å². The molecule has 0 heterocycles. The Morgan fingerprint density at radius 2 is 2.00 bits per heavy atom. The molecule has 0 spiro atoms. The Morgan fingerprint density at radius 1 is 1.41 bits per heavy atom. The second-order valence-electron chi connectivity index (χ2n) is 4.55. The summed E-state index contributed by atoms with van der Waals surface area (Å²) in [6.45, 7) is 8.23. The molecule has 2 atom stereocenters. The van der Waals surface area contributed by atoms with E-state index in [4.69, 9.17) is 0 Å². The molecule has 0 aliphatic heterocycles. The zero-order valence-corrected chi connectivity index (χ0v) is 11.4. The van der Waals surface area contributed by atoms with Crippen LogP contribution in [0.15, 0.2) is 0 Å². The summed E-state index contributed by atoms with van der Waals surface area (Å²) in [5.41, 5.74) is -1.29. The third-order valence-corrected chi connectivity index (χ3v) is 3.34. The second-order valence-corrected chi connectivity index (χ2v) is 4.55. The fourth-order valence-corrected chi connectivity index (χ4v) is 1.74. The summed E-state index contributed by atoms with van der Waals surface area (Å²) in [6.07, 6.45) is 3.28. The Kier molecular flexibility index (Phi) is 7.34. The van der Waals surface area contributed by atoms with Gasteiger partial charge in [-0.2, -0.15) is 5.06 Å². The van der Waals surface area contributed by atoms with E-state index in [0.29, 0.717) is 0 Å². The van der Waals surface area contributed by atoms with E-state index < -0.39 is 11.5 Å². The standard InChI is InChI=1S/C12H26N2O3/c1-5-7-8-9-13-10(3)12(4,11(15)16)14(17)6-2/h10,13,17H,5-9H2,1-4H3,(H,15,16). The van der Waals surface area contributed by atoms with Gasteiger partial charge in [0.05, 0.1) is 0 Å². The first-order valence-corrected chi connectivity index (χ1v) is 6.34. The van der Waals surface area contributed by atoms with Crippen molar-refractivity contribution >= 4 is 5.97 Å². The van der Waals surface area contributed by atoms with Crippen LogP contribution in [-0.2, 0) is 4.79 Å². The number of nitrogens with one attached hydrogen (secondary N) is 1. The Morgan fingerprint density at radius 3 is 2.41 bits per heavy atom. The van der Waals surface area contributed by atoms with Crippen molar-refractivity contribution in [2.45, 2.75) is 58.5 Å². The van der Waals surface area contributed by atoms with Gasteiger partial charge in [-0.25, -0.2) is 0 Å². The third-order valence-electron chi connectivity index (χ3n) is 3.34. The molecule has 17 heavy (non-hydrogen) atoms. The molecule has 0 rings (SSSR count). The van der Waals surface area contributed by atoms with Crippen LogP contribution in [-0.4, -0.2) is 46.0 Å². The molecule has 0 aliphatic rings. The lowest BCUT2D eigenvalue weighted by molar-refractivity contribution is -0.197. The molecule has 0 aromatic heterocycles. The lowest BCUT2D eigenvalue weighted by Crippen LogP contribution is -2.62. The number of hydrogen-bond donors (Lipinski definition) is 3. The van der Waals surface area contributed by atoms with E-state index in [2.05, 4.69) is 12.2 Å². The van der Waals surface area contributed by atoms with Gasteiger partial charge in [-0.1, -0.05) is 26.7 Å². The van der Waals surface area contributed by atoms with Gasteiger partial charge in [0.2, 0.25) is 0 Å². The number of unbranched alkanes of at least 4 members (excludes halogenated alkanes) is 2. The van der Waals surface area contributed by atoms with E-state index in [0.717, 1.165) is 30.9 Å². The minimum Gasteiger partial charge on any atom is -0.480 e. The normalized spacial score (nSPS) is 16.8. The van der Waals surface area contributed by atoms with Crippen LogP contribution in [0.1, 0.15) is 47.0 Å². The molecule has 0 fully saturated rings. The van der Waals surface area contributed by atoms with Gasteiger partial charge in [-0.15, -0.1) is 0 Å². The molecule has 0 radical (unpaired) electrons. The van der Waals surface area contributed by atoms with Crippen molar-refractivity contribution in [2.75, 3.05) is 13.1 Å². The summed E-state index contributed by atoms with van der Waals surface area (Å²) in [4.78, 5) is 11.3. The number of carbonyl (C=O) groups is 1. The van der Waals surface area contributed by atoms with Crippen molar-refractivity contribution in [1.82, 2.24) is 10.4 Å². The minimum atomic E-state index is -1.29. The van der Waals surface area contributed by atoms with Gasteiger partial charge < -0.3 is 15.6 Å². The monoisotopic (exact) mass is 246 g/mol. The highest BCUT2D eigenvalue weighted by molar-refractivity contribution is 5.79. The largest absolute Gasteiger partial charge is 0.480 e. The maximum atomic E-state index is 11.3. The quantitative estimate of drug-likeness (QED) is 0.426. The van der Waals surface area contributed by atoms with Gasteiger partial charge in [0, 0.05) is 12.6 Å². The van der Waals surface area contributed by atoms with Gasteiger partial charge >= 0.3 is 5.97 Å². The van der Waals surface area contributed by atoms with Crippen LogP contribution in [0.4, 0.5) is 0 Å². The molecular weight excluding hydrogens is 220 g/mol. The summed E-state index contributed by atoms with van der Waals surface area (Å²) in [6, 6.07) is -0.318. The molecule has 0 aromatic rings. The van der Waals surface area contributed by atoms with Gasteiger partial charge in [0.15, 0.2) is 5.54 Å². The fraction of sp³-hybridized carbons (Fsp3) is 0.917. The van der Waals surface area contributed by atoms with Crippen molar-refractivity contribution in [3.8, 4) is 0 Å². The Bertz CT molecular complexity index is 236. The molecule has 5 heteroatoms. The van der Waals surface area contributed by atoms with E-state index in [1.807, 2.05) is 0 Å². The van der Waals surface area contributed by atoms with E-state index in [-0.39, 0.29) is 12.6 Å². The average Bonchev–Trinajstić information content (AvgIpc) is 2.31. The maximum absolute atomic E-state index is 11.3. The van der Waals surface area contributed by atoms with E-state index in [1.165, 1.54) is 6.92 Å². The van der Waals surface area contributed by atoms with E-state index >= 15 is 0 Å². The fourth-order valence-electron chi connectivity index (χ4n) is 1.74. The molecule has 0 saturated heterocycles. The number of aliphatic carboxylic acids is 1. The summed E-state index contributed by atoms with van der Waals surface area (Å²) >= 11 is 0. The zero-order valence-electron chi connectivity index (χ0n) is 11.4. The molecule has 0 amide bonds. The van der Waals surface area contributed by atoms with Crippen molar-refractivity contribution in [2.24, 2.45) is 0 Å². The highest BCUT2D eigenvalue weighted by atomic mass is 16.5. The predicted molar refractivity (Wildman–Crippen MR) is 67.2 cm³/mol. The number of carboxylic acids is 1. The first-order valence-electron chi connectivity index (χ1n) is 6.34. The van der Waals surface area contributed by atoms with Crippen LogP contribution in [0.3, 0.4) is 0 Å². The Hall–Kier alpha value is -0.650. The van der Waals surface area contributed by atoms with Gasteiger partial charge in [-0.05, 0) is 26.8 Å². The number of likely N-dealkylation sites (N-methyl/N-ethyl adjacent to an activating group) is 1. The molecule has 5 nitrogen and oxygen atoms in total. The minimum absolute atomic E-state index is 0.282. The van der Waals surface area contributed by atoms with Crippen molar-refractivity contribution in [3.05, 3.63) is 0 Å². The number of rotatable bonds is 9. The van der Waals surface area contributed by atoms with E-state index in [9.17, 15) is 15.1 Å². The highest BCUT2D eigenvalue weighted by Gasteiger charge is 2.43. The predicted octanol–water partition coefficient (Wildman–Crippen LogP) is 1.71. The molecule has 0 bridgehead atoms. The van der Waals surface area contributed by atoms with Gasteiger partial charge in [0.25, 0.3) is 0 Å². The van der Waals surface area contributed by atoms with Crippen LogP contribution in [0.2, 0.25) is 0 Å². The molecule has 3 N–H and O–H groups in total. The molecule has 2 unspecified atom stereocenters. The first kappa shape index (κ1) is 16.4. The summed E-state index contributed by atoms with van der Waals surface area (Å²) in [7, 11) is 0. The van der Waals surface area contributed by atoms with E-state index in [1.54, 1.807) is 13.8 Å². The van der Waals surface area contributed by atoms with Crippen LogP contribution >= 0.6 is 0 Å². The molecule has 0 aromatic carbocycles. The lowest BCUT2D eigenvalue weighted by atomic mass is 9.92. The zero-order chi connectivity index (χ0) is 13.5. The molecular formula is C12H26N2O3. The van der Waals surface area contributed by atoms with Gasteiger partial charge in [0.1, 0.15) is 0 Å². The molecule has 102 valence electrons. The van der Waals surface area contributed by atoms with Crippen LogP contribution in [0, 0.1) is 0 Å². The smallest absolute Gasteiger partial charge is 0.327 e. The summed E-state index contributed by atoms with van der Waals surface area (Å²) in [5.74, 6) is -1.02. The van der Waals surface area contributed by atoms with Gasteiger partial charge in [-0.3, -0.25) is 4.79 Å². The first-order chi connectivity index (χ1) is 7.91. The maximum Gasteiger partial charge on any atom is 0.327 e. The van der Waals surface area contributed by atoms with Crippen LogP contribution in [0.5, 0.6) is 0 Å². The average molecular weight is 246 g/mol. The Balaban J connectivity index is 4.44. The number of carboxylic acid groups (broad SMARTS) is 1. The molecule has 0 aliphatic carbocycles. The van der Waals surface area contributed by atoms with Crippen LogP contribution in [0.25, 0.3) is 0 Å². The summed E-state index contributed by atoms with van der Waals surface area (Å²) in [5, 5.41) is 23.1. The number of hydroxylamine groups is 2. The van der Waals surface area contributed by atoms with Crippen LogP contribution < -0.4 is 5.32 Å². The lowest BCUT2D eigenvalue weighted by Gasteiger charge is -2.37. The SMILES string of the molecule is CCCCCNC(C)C(C)(C(=O)O)N(O)CC. The van der Waals surface area contributed by atoms with Crippen molar-refractivity contribution < 1.29 is 15.1 Å². The molecule has 0 saturated carbocycles. The highest BCUT2D eigenvalue weighted by Crippen LogP contribution is 2.18. The second kappa shape index (κ2) is 7.63. The number of nitrogens with zero attached hydrogens (tertiary/aromatic N) is 1. The summed E-state index contributed by atoms with van der Waals surface area (Å²) < 4.78 is 0. The Labute approximate surface area is 104 Å². The van der Waals surface area contributed by atoms with Crippen molar-refractivity contribution in [3.63, 3.8) is 0 Å².